The molecule has 1 heterocycles. The van der Waals surface area contributed by atoms with Crippen molar-refractivity contribution in [2.45, 2.75) is 63.5 Å². The topological polar surface area (TPSA) is 50.1 Å². The van der Waals surface area contributed by atoms with Crippen molar-refractivity contribution in [3.63, 3.8) is 0 Å². The molecule has 0 aliphatic heterocycles. The number of aryl methyl sites for hydroxylation is 1. The lowest BCUT2D eigenvalue weighted by Crippen LogP contribution is -2.41. The molecule has 0 aromatic carbocycles. The van der Waals surface area contributed by atoms with Gasteiger partial charge in [0.1, 0.15) is 0 Å². The fourth-order valence-corrected chi connectivity index (χ4v) is 4.01. The zero-order valence-corrected chi connectivity index (χ0v) is 13.7. The smallest absolute Gasteiger partial charge is 0.0944 e. The van der Waals surface area contributed by atoms with E-state index in [2.05, 4.69) is 16.5 Å². The Hall–Kier alpha value is -1.13. The van der Waals surface area contributed by atoms with Gasteiger partial charge in [-0.05, 0) is 44.4 Å². The minimum atomic E-state index is -0.461. The van der Waals surface area contributed by atoms with E-state index in [1.165, 1.54) is 51.4 Å². The number of hydrogen-bond acceptors (Lipinski definition) is 3. The summed E-state index contributed by atoms with van der Waals surface area (Å²) in [6.45, 7) is 0.625. The van der Waals surface area contributed by atoms with Crippen LogP contribution in [-0.2, 0) is 7.05 Å². The minimum Gasteiger partial charge on any atom is -0.387 e. The lowest BCUT2D eigenvalue weighted by molar-refractivity contribution is 0.158. The minimum absolute atomic E-state index is 0.461. The maximum Gasteiger partial charge on any atom is 0.0944 e. The maximum absolute atomic E-state index is 10.3. The molecule has 1 fully saturated rings. The van der Waals surface area contributed by atoms with Gasteiger partial charge in [0.2, 0.25) is 0 Å². The Balaban J connectivity index is 1.58. The first-order valence-corrected chi connectivity index (χ1v) is 8.83. The molecule has 4 nitrogen and oxygen atoms in total. The zero-order valence-electron chi connectivity index (χ0n) is 13.7. The third-order valence-electron chi connectivity index (χ3n) is 5.25. The lowest BCUT2D eigenvalue weighted by atomic mass is 9.76. The lowest BCUT2D eigenvalue weighted by Gasteiger charge is -2.36. The van der Waals surface area contributed by atoms with Crippen molar-refractivity contribution in [3.8, 4) is 0 Å². The van der Waals surface area contributed by atoms with Gasteiger partial charge in [-0.15, -0.1) is 0 Å². The highest BCUT2D eigenvalue weighted by Crippen LogP contribution is 2.35. The standard InChI is InChI=1S/C18H29N3O/c1-21-13-15(11-20-21)18(22)12-19-17-10-6-5-9-16(17)14-7-3-2-4-8-14/h7,11,13,16-19,22H,2-6,8-10,12H2,1H3/t16-,17+,18+/m0/s1. The predicted octanol–water partition coefficient (Wildman–Crippen LogP) is 3.10. The van der Waals surface area contributed by atoms with Crippen LogP contribution in [0.4, 0.5) is 0 Å². The molecule has 0 bridgehead atoms. The van der Waals surface area contributed by atoms with E-state index >= 15 is 0 Å². The molecule has 4 heteroatoms. The van der Waals surface area contributed by atoms with Crippen molar-refractivity contribution in [1.82, 2.24) is 15.1 Å². The second kappa shape index (κ2) is 7.42. The van der Waals surface area contributed by atoms with Gasteiger partial charge < -0.3 is 10.4 Å². The molecule has 3 rings (SSSR count). The summed E-state index contributed by atoms with van der Waals surface area (Å²) in [4.78, 5) is 0. The summed E-state index contributed by atoms with van der Waals surface area (Å²) in [6.07, 6.45) is 16.2. The number of rotatable bonds is 5. The number of aromatic nitrogens is 2. The normalized spacial score (nSPS) is 27.5. The van der Waals surface area contributed by atoms with Gasteiger partial charge in [0.15, 0.2) is 0 Å². The first-order valence-electron chi connectivity index (χ1n) is 8.83. The first-order chi connectivity index (χ1) is 10.7. The Kier molecular flexibility index (Phi) is 5.32. The Labute approximate surface area is 133 Å². The Bertz CT molecular complexity index is 508. The summed E-state index contributed by atoms with van der Waals surface area (Å²) in [5.41, 5.74) is 2.58. The number of nitrogens with zero attached hydrogens (tertiary/aromatic N) is 2. The number of nitrogens with one attached hydrogen (secondary N) is 1. The van der Waals surface area contributed by atoms with Gasteiger partial charge in [-0.1, -0.05) is 24.5 Å². The van der Waals surface area contributed by atoms with Gasteiger partial charge in [-0.2, -0.15) is 5.10 Å². The summed E-state index contributed by atoms with van der Waals surface area (Å²) in [7, 11) is 1.89. The molecule has 0 radical (unpaired) electrons. The average Bonchev–Trinajstić information content (AvgIpc) is 3.00. The average molecular weight is 303 g/mol. The second-order valence-corrected chi connectivity index (χ2v) is 6.89. The van der Waals surface area contributed by atoms with E-state index < -0.39 is 6.10 Å². The molecule has 0 spiro atoms. The number of aliphatic hydroxyl groups excluding tert-OH is 1. The third-order valence-corrected chi connectivity index (χ3v) is 5.25. The summed E-state index contributed by atoms with van der Waals surface area (Å²) in [6, 6.07) is 0.532. The maximum atomic E-state index is 10.3. The molecular weight excluding hydrogens is 274 g/mol. The quantitative estimate of drug-likeness (QED) is 0.822. The molecule has 122 valence electrons. The Morgan fingerprint density at radius 3 is 2.91 bits per heavy atom. The molecule has 22 heavy (non-hydrogen) atoms. The van der Waals surface area contributed by atoms with E-state index in [-0.39, 0.29) is 0 Å². The monoisotopic (exact) mass is 303 g/mol. The van der Waals surface area contributed by atoms with Crippen LogP contribution in [0.15, 0.2) is 24.0 Å². The SMILES string of the molecule is Cn1cc([C@H](O)CN[C@@H]2CCCC[C@H]2C2=CCCCC2)cn1. The second-order valence-electron chi connectivity index (χ2n) is 6.89. The number of allylic oxidation sites excluding steroid dienone is 1. The highest BCUT2D eigenvalue weighted by Gasteiger charge is 2.28. The molecule has 2 N–H and O–H groups in total. The fraction of sp³-hybridized carbons (Fsp3) is 0.722. The van der Waals surface area contributed by atoms with Crippen molar-refractivity contribution in [2.24, 2.45) is 13.0 Å². The van der Waals surface area contributed by atoms with E-state index in [4.69, 9.17) is 0 Å². The van der Waals surface area contributed by atoms with Crippen LogP contribution >= 0.6 is 0 Å². The molecule has 0 saturated heterocycles. The van der Waals surface area contributed by atoms with Crippen molar-refractivity contribution < 1.29 is 5.11 Å². The van der Waals surface area contributed by atoms with Crippen LogP contribution in [0.25, 0.3) is 0 Å². The van der Waals surface area contributed by atoms with E-state index in [1.54, 1.807) is 16.5 Å². The van der Waals surface area contributed by atoms with Crippen LogP contribution in [0.3, 0.4) is 0 Å². The van der Waals surface area contributed by atoms with Gasteiger partial charge in [0, 0.05) is 31.4 Å². The highest BCUT2D eigenvalue weighted by atomic mass is 16.3. The number of hydrogen-bond donors (Lipinski definition) is 2. The van der Waals surface area contributed by atoms with Gasteiger partial charge >= 0.3 is 0 Å². The largest absolute Gasteiger partial charge is 0.387 e. The van der Waals surface area contributed by atoms with Crippen LogP contribution in [-0.4, -0.2) is 27.5 Å². The summed E-state index contributed by atoms with van der Waals surface area (Å²) >= 11 is 0. The van der Waals surface area contributed by atoms with Crippen LogP contribution in [0.2, 0.25) is 0 Å². The third kappa shape index (κ3) is 3.79. The molecule has 1 aromatic heterocycles. The summed E-state index contributed by atoms with van der Waals surface area (Å²) in [5.74, 6) is 0.690. The first kappa shape index (κ1) is 15.8. The Morgan fingerprint density at radius 1 is 1.32 bits per heavy atom. The van der Waals surface area contributed by atoms with Crippen molar-refractivity contribution in [3.05, 3.63) is 29.6 Å². The molecule has 3 atom stereocenters. The van der Waals surface area contributed by atoms with Gasteiger partial charge in [-0.3, -0.25) is 4.68 Å². The molecule has 1 aromatic rings. The fourth-order valence-electron chi connectivity index (χ4n) is 4.01. The molecule has 2 aliphatic rings. The van der Waals surface area contributed by atoms with E-state index in [1.807, 2.05) is 13.2 Å². The molecule has 0 unspecified atom stereocenters. The van der Waals surface area contributed by atoms with Crippen LogP contribution in [0.5, 0.6) is 0 Å². The predicted molar refractivity (Wildman–Crippen MR) is 88.5 cm³/mol. The van der Waals surface area contributed by atoms with Crippen molar-refractivity contribution in [1.29, 1.82) is 0 Å². The van der Waals surface area contributed by atoms with E-state index in [0.29, 0.717) is 18.5 Å². The summed E-state index contributed by atoms with van der Waals surface area (Å²) in [5, 5.41) is 18.1. The van der Waals surface area contributed by atoms with Crippen LogP contribution < -0.4 is 5.32 Å². The molecule has 0 amide bonds. The van der Waals surface area contributed by atoms with Gasteiger partial charge in [-0.25, -0.2) is 0 Å². The summed E-state index contributed by atoms with van der Waals surface area (Å²) < 4.78 is 1.74. The van der Waals surface area contributed by atoms with E-state index in [0.717, 1.165) is 5.56 Å². The van der Waals surface area contributed by atoms with Crippen molar-refractivity contribution in [2.75, 3.05) is 6.54 Å². The van der Waals surface area contributed by atoms with Crippen molar-refractivity contribution >= 4 is 0 Å². The van der Waals surface area contributed by atoms with Crippen LogP contribution in [0.1, 0.15) is 63.0 Å². The van der Waals surface area contributed by atoms with Gasteiger partial charge in [0.05, 0.1) is 12.3 Å². The number of aliphatic hydroxyl groups is 1. The molecule has 1 saturated carbocycles. The van der Waals surface area contributed by atoms with Gasteiger partial charge in [0.25, 0.3) is 0 Å². The molecule has 2 aliphatic carbocycles. The zero-order chi connectivity index (χ0) is 15.4. The van der Waals surface area contributed by atoms with E-state index in [9.17, 15) is 5.11 Å². The van der Waals surface area contributed by atoms with Crippen LogP contribution in [0, 0.1) is 5.92 Å². The molecular formula is C18H29N3O. The highest BCUT2D eigenvalue weighted by molar-refractivity contribution is 5.14. The Morgan fingerprint density at radius 2 is 2.18 bits per heavy atom.